The Hall–Kier alpha value is -5.61. The molecular weight excluding hydrogens is 502 g/mol. The molecule has 8 aromatic rings. The summed E-state index contributed by atoms with van der Waals surface area (Å²) in [5.74, 6) is 1.87. The van der Waals surface area contributed by atoms with Gasteiger partial charge in [0.05, 0.1) is 0 Å². The Labute approximate surface area is 236 Å². The van der Waals surface area contributed by atoms with Crippen molar-refractivity contribution in [3.8, 4) is 45.3 Å². The number of benzene rings is 6. The topological polar surface area (TPSA) is 51.8 Å². The van der Waals surface area contributed by atoms with Gasteiger partial charge in [0.1, 0.15) is 11.2 Å². The van der Waals surface area contributed by atoms with Crippen molar-refractivity contribution in [2.75, 3.05) is 0 Å². The van der Waals surface area contributed by atoms with Crippen LogP contribution in [0.25, 0.3) is 78.0 Å². The van der Waals surface area contributed by atoms with Gasteiger partial charge in [0.15, 0.2) is 17.5 Å². The van der Waals surface area contributed by atoms with Crippen LogP contribution in [0.3, 0.4) is 0 Å². The zero-order chi connectivity index (χ0) is 27.2. The Morgan fingerprint density at radius 1 is 0.415 bits per heavy atom. The van der Waals surface area contributed by atoms with Crippen molar-refractivity contribution >= 4 is 32.7 Å². The number of nitrogens with zero attached hydrogens (tertiary/aromatic N) is 3. The second kappa shape index (κ2) is 9.54. The summed E-state index contributed by atoms with van der Waals surface area (Å²) in [6, 6.07) is 47.4. The lowest BCUT2D eigenvalue weighted by Gasteiger charge is -2.11. The van der Waals surface area contributed by atoms with Crippen molar-refractivity contribution in [1.82, 2.24) is 15.0 Å². The number of hydrogen-bond donors (Lipinski definition) is 0. The van der Waals surface area contributed by atoms with Gasteiger partial charge in [-0.05, 0) is 40.6 Å². The minimum absolute atomic E-state index is 0.609. The van der Waals surface area contributed by atoms with Gasteiger partial charge in [-0.2, -0.15) is 0 Å². The van der Waals surface area contributed by atoms with Gasteiger partial charge >= 0.3 is 0 Å². The summed E-state index contributed by atoms with van der Waals surface area (Å²) in [4.78, 5) is 15.0. The van der Waals surface area contributed by atoms with Crippen LogP contribution in [-0.4, -0.2) is 15.0 Å². The van der Waals surface area contributed by atoms with E-state index in [-0.39, 0.29) is 0 Å². The molecule has 0 atom stereocenters. The van der Waals surface area contributed by atoms with Crippen molar-refractivity contribution in [1.29, 1.82) is 0 Å². The van der Waals surface area contributed by atoms with Crippen LogP contribution in [0.15, 0.2) is 144 Å². The third-order valence-electron chi connectivity index (χ3n) is 7.51. The summed E-state index contributed by atoms with van der Waals surface area (Å²) in [5.41, 5.74) is 6.57. The maximum Gasteiger partial charge on any atom is 0.164 e. The summed E-state index contributed by atoms with van der Waals surface area (Å²) in [6.45, 7) is 0. The van der Waals surface area contributed by atoms with Crippen LogP contribution in [0.5, 0.6) is 0 Å². The van der Waals surface area contributed by atoms with Gasteiger partial charge in [-0.3, -0.25) is 0 Å². The van der Waals surface area contributed by atoms with E-state index < -0.39 is 0 Å². The maximum absolute atomic E-state index is 6.67. The molecule has 2 aromatic heterocycles. The maximum atomic E-state index is 6.67. The molecule has 192 valence electrons. The Morgan fingerprint density at radius 3 is 1.51 bits per heavy atom. The molecule has 8 rings (SSSR count). The van der Waals surface area contributed by atoms with Crippen LogP contribution >= 0.6 is 0 Å². The predicted molar refractivity (Wildman–Crippen MR) is 166 cm³/mol. The summed E-state index contributed by atoms with van der Waals surface area (Å²) >= 11 is 0. The lowest BCUT2D eigenvalue weighted by Crippen LogP contribution is -2.00. The number of hydrogen-bond acceptors (Lipinski definition) is 4. The highest BCUT2D eigenvalue weighted by Crippen LogP contribution is 2.42. The minimum Gasteiger partial charge on any atom is -0.455 e. The molecule has 0 spiro atoms. The van der Waals surface area contributed by atoms with E-state index in [4.69, 9.17) is 19.4 Å². The molecular formula is C37H23N3O. The highest BCUT2D eigenvalue weighted by atomic mass is 16.3. The van der Waals surface area contributed by atoms with Gasteiger partial charge in [-0.15, -0.1) is 0 Å². The molecule has 0 aliphatic rings. The monoisotopic (exact) mass is 525 g/mol. The van der Waals surface area contributed by atoms with Crippen LogP contribution in [-0.2, 0) is 0 Å². The van der Waals surface area contributed by atoms with Gasteiger partial charge < -0.3 is 4.42 Å². The first-order chi connectivity index (χ1) is 20.3. The van der Waals surface area contributed by atoms with Crippen LogP contribution in [0.2, 0.25) is 0 Å². The molecule has 0 aliphatic heterocycles. The normalized spacial score (nSPS) is 11.4. The second-order valence-electron chi connectivity index (χ2n) is 10.1. The number of aromatic nitrogens is 3. The quantitative estimate of drug-likeness (QED) is 0.230. The lowest BCUT2D eigenvalue weighted by molar-refractivity contribution is 0.670. The third kappa shape index (κ3) is 4.05. The fourth-order valence-electron chi connectivity index (χ4n) is 5.53. The lowest BCUT2D eigenvalue weighted by atomic mass is 9.97. The van der Waals surface area contributed by atoms with Crippen molar-refractivity contribution in [3.63, 3.8) is 0 Å². The van der Waals surface area contributed by atoms with Crippen molar-refractivity contribution < 1.29 is 4.42 Å². The van der Waals surface area contributed by atoms with Crippen molar-refractivity contribution in [3.05, 3.63) is 140 Å². The molecule has 0 fully saturated rings. The number of rotatable bonds is 4. The summed E-state index contributed by atoms with van der Waals surface area (Å²) in [7, 11) is 0. The zero-order valence-corrected chi connectivity index (χ0v) is 22.0. The Kier molecular flexibility index (Phi) is 5.42. The highest BCUT2D eigenvalue weighted by Gasteiger charge is 2.21. The summed E-state index contributed by atoms with van der Waals surface area (Å²) in [5, 5.41) is 4.33. The predicted octanol–water partition coefficient (Wildman–Crippen LogP) is 9.59. The van der Waals surface area contributed by atoms with Crippen LogP contribution in [0, 0.1) is 0 Å². The fourth-order valence-corrected chi connectivity index (χ4v) is 5.53. The van der Waals surface area contributed by atoms with Gasteiger partial charge in [0.25, 0.3) is 0 Å². The average Bonchev–Trinajstić information content (AvgIpc) is 3.42. The summed E-state index contributed by atoms with van der Waals surface area (Å²) in [6.07, 6.45) is 0. The number of furan rings is 1. The van der Waals surface area contributed by atoms with E-state index in [1.165, 1.54) is 0 Å². The molecule has 0 N–H and O–H groups in total. The van der Waals surface area contributed by atoms with E-state index >= 15 is 0 Å². The third-order valence-corrected chi connectivity index (χ3v) is 7.51. The molecule has 0 amide bonds. The van der Waals surface area contributed by atoms with E-state index in [0.717, 1.165) is 60.5 Å². The van der Waals surface area contributed by atoms with Crippen LogP contribution in [0.4, 0.5) is 0 Å². The van der Waals surface area contributed by atoms with Gasteiger partial charge in [-0.1, -0.05) is 115 Å². The van der Waals surface area contributed by atoms with E-state index in [1.54, 1.807) is 0 Å². The molecule has 0 radical (unpaired) electrons. The Bertz CT molecular complexity index is 2130. The molecule has 0 aliphatic carbocycles. The van der Waals surface area contributed by atoms with E-state index in [9.17, 15) is 0 Å². The fraction of sp³-hybridized carbons (Fsp3) is 0. The Balaban J connectivity index is 1.46. The zero-order valence-electron chi connectivity index (χ0n) is 22.0. The molecule has 6 aromatic carbocycles. The minimum atomic E-state index is 0.609. The van der Waals surface area contributed by atoms with E-state index in [1.807, 2.05) is 66.7 Å². The van der Waals surface area contributed by atoms with Crippen LogP contribution < -0.4 is 0 Å². The standard InChI is InChI=1S/C37H23N3O/c1-4-12-24(13-5-1)29-20-21-30(33-31-22-27-18-10-11-19-28(27)23-32(31)41-34(29)33)37-39-35(25-14-6-2-7-15-25)38-36(40-37)26-16-8-3-9-17-26/h1-23H. The van der Waals surface area contributed by atoms with Gasteiger partial charge in [0, 0.05) is 33.0 Å². The first-order valence-corrected chi connectivity index (χ1v) is 13.6. The molecule has 2 heterocycles. The van der Waals surface area contributed by atoms with E-state index in [2.05, 4.69) is 72.8 Å². The molecule has 0 saturated carbocycles. The number of fused-ring (bicyclic) bond motifs is 4. The molecule has 0 saturated heterocycles. The van der Waals surface area contributed by atoms with Crippen molar-refractivity contribution in [2.24, 2.45) is 0 Å². The van der Waals surface area contributed by atoms with Gasteiger partial charge in [-0.25, -0.2) is 15.0 Å². The highest BCUT2D eigenvalue weighted by molar-refractivity contribution is 6.18. The first-order valence-electron chi connectivity index (χ1n) is 13.6. The Morgan fingerprint density at radius 2 is 0.902 bits per heavy atom. The largest absolute Gasteiger partial charge is 0.455 e. The smallest absolute Gasteiger partial charge is 0.164 e. The molecule has 4 nitrogen and oxygen atoms in total. The molecule has 0 unspecified atom stereocenters. The second-order valence-corrected chi connectivity index (χ2v) is 10.1. The first kappa shape index (κ1) is 23.3. The summed E-state index contributed by atoms with van der Waals surface area (Å²) < 4.78 is 6.67. The van der Waals surface area contributed by atoms with Crippen molar-refractivity contribution in [2.45, 2.75) is 0 Å². The average molecular weight is 526 g/mol. The van der Waals surface area contributed by atoms with E-state index in [0.29, 0.717) is 17.5 Å². The molecule has 41 heavy (non-hydrogen) atoms. The molecule has 4 heteroatoms. The van der Waals surface area contributed by atoms with Crippen LogP contribution in [0.1, 0.15) is 0 Å². The van der Waals surface area contributed by atoms with Gasteiger partial charge in [0.2, 0.25) is 0 Å². The SMILES string of the molecule is c1ccc(-c2nc(-c3ccccc3)nc(-c3ccc(-c4ccccc4)c4oc5cc6ccccc6cc5c34)n2)cc1. The molecule has 0 bridgehead atoms.